The Morgan fingerprint density at radius 2 is 1.60 bits per heavy atom. The normalized spacial score (nSPS) is 11.4. The number of ether oxygens (including phenoxy) is 1. The summed E-state index contributed by atoms with van der Waals surface area (Å²) >= 11 is 2.21. The van der Waals surface area contributed by atoms with Crippen LogP contribution in [0.15, 0.2) is 108 Å². The number of hydrogen-bond acceptors (Lipinski definition) is 4. The van der Waals surface area contributed by atoms with Crippen molar-refractivity contribution in [2.75, 3.05) is 0 Å². The number of rotatable bonds is 8. The highest BCUT2D eigenvalue weighted by molar-refractivity contribution is 14.1. The van der Waals surface area contributed by atoms with Gasteiger partial charge in [-0.2, -0.15) is 5.10 Å². The Morgan fingerprint density at radius 3 is 2.20 bits per heavy atom. The fraction of sp³-hybridized carbons (Fsp3) is 0.103. The highest BCUT2D eigenvalue weighted by Crippen LogP contribution is 2.30. The fourth-order valence-corrected chi connectivity index (χ4v) is 4.41. The van der Waals surface area contributed by atoms with Crippen LogP contribution >= 0.6 is 22.6 Å². The number of aryl methyl sites for hydroxylation is 1. The second-order valence-corrected chi connectivity index (χ2v) is 9.27. The molecule has 4 rings (SSSR count). The molecule has 0 radical (unpaired) electrons. The van der Waals surface area contributed by atoms with Crippen molar-refractivity contribution in [1.29, 1.82) is 0 Å². The number of nitrogens with one attached hydrogen (secondary N) is 1. The monoisotopic (exact) mass is 576 g/mol. The molecule has 2 N–H and O–H groups in total. The predicted octanol–water partition coefficient (Wildman–Crippen LogP) is 5.56. The molecule has 0 bridgehead atoms. The van der Waals surface area contributed by atoms with Crippen molar-refractivity contribution in [1.82, 2.24) is 5.43 Å². The van der Waals surface area contributed by atoms with Crippen molar-refractivity contribution >= 4 is 34.7 Å². The Hall–Kier alpha value is -3.49. The number of aliphatic hydroxyl groups is 1. The first kappa shape index (κ1) is 24.6. The second-order valence-electron chi connectivity index (χ2n) is 8.11. The molecular formula is C29H25IN2O3. The maximum absolute atomic E-state index is 13.1. The molecule has 0 unspecified atom stereocenters. The number of carbonyl (C=O) groups excluding carboxylic acids is 1. The maximum atomic E-state index is 13.1. The van der Waals surface area contributed by atoms with Gasteiger partial charge in [-0.3, -0.25) is 4.79 Å². The van der Waals surface area contributed by atoms with E-state index in [1.54, 1.807) is 54.7 Å². The molecule has 4 aromatic rings. The molecule has 0 aromatic heterocycles. The third kappa shape index (κ3) is 5.96. The molecule has 1 amide bonds. The predicted molar refractivity (Wildman–Crippen MR) is 146 cm³/mol. The van der Waals surface area contributed by atoms with Crippen LogP contribution in [0.3, 0.4) is 0 Å². The largest absolute Gasteiger partial charge is 0.488 e. The zero-order chi connectivity index (χ0) is 24.7. The molecule has 0 heterocycles. The molecule has 0 saturated carbocycles. The summed E-state index contributed by atoms with van der Waals surface area (Å²) in [4.78, 5) is 13.1. The van der Waals surface area contributed by atoms with Gasteiger partial charge in [0.2, 0.25) is 0 Å². The molecule has 35 heavy (non-hydrogen) atoms. The lowest BCUT2D eigenvalue weighted by atomic mass is 9.85. The van der Waals surface area contributed by atoms with Gasteiger partial charge in [-0.05, 0) is 70.0 Å². The summed E-state index contributed by atoms with van der Waals surface area (Å²) < 4.78 is 6.89. The van der Waals surface area contributed by atoms with Crippen molar-refractivity contribution in [3.05, 3.63) is 135 Å². The van der Waals surface area contributed by atoms with Gasteiger partial charge in [0.1, 0.15) is 12.4 Å². The number of hydrazone groups is 1. The lowest BCUT2D eigenvalue weighted by Crippen LogP contribution is -2.43. The Morgan fingerprint density at radius 1 is 0.943 bits per heavy atom. The van der Waals surface area contributed by atoms with Crippen LogP contribution in [0.25, 0.3) is 0 Å². The molecule has 4 aromatic carbocycles. The second kappa shape index (κ2) is 11.3. The van der Waals surface area contributed by atoms with Gasteiger partial charge in [-0.1, -0.05) is 90.5 Å². The van der Waals surface area contributed by atoms with Gasteiger partial charge in [0.25, 0.3) is 5.91 Å². The molecule has 0 aliphatic heterocycles. The van der Waals surface area contributed by atoms with Gasteiger partial charge < -0.3 is 9.84 Å². The molecule has 0 fully saturated rings. The topological polar surface area (TPSA) is 70.9 Å². The lowest BCUT2D eigenvalue weighted by Gasteiger charge is -2.27. The average molecular weight is 576 g/mol. The van der Waals surface area contributed by atoms with Crippen LogP contribution in [0, 0.1) is 10.5 Å². The molecule has 0 saturated heterocycles. The number of benzene rings is 4. The minimum Gasteiger partial charge on any atom is -0.488 e. The van der Waals surface area contributed by atoms with Crippen LogP contribution in [0.2, 0.25) is 0 Å². The number of carbonyl (C=O) groups is 1. The van der Waals surface area contributed by atoms with Gasteiger partial charge in [0.05, 0.1) is 9.78 Å². The summed E-state index contributed by atoms with van der Waals surface area (Å²) in [6.07, 6.45) is 1.54. The minimum atomic E-state index is -1.87. The third-order valence-corrected chi connectivity index (χ3v) is 6.37. The van der Waals surface area contributed by atoms with Crippen LogP contribution < -0.4 is 10.2 Å². The molecule has 0 aliphatic carbocycles. The van der Waals surface area contributed by atoms with Crippen molar-refractivity contribution < 1.29 is 14.6 Å². The zero-order valence-electron chi connectivity index (χ0n) is 19.2. The highest BCUT2D eigenvalue weighted by atomic mass is 127. The quantitative estimate of drug-likeness (QED) is 0.164. The Labute approximate surface area is 218 Å². The van der Waals surface area contributed by atoms with E-state index in [0.717, 1.165) is 20.4 Å². The van der Waals surface area contributed by atoms with E-state index < -0.39 is 11.5 Å². The summed E-state index contributed by atoms with van der Waals surface area (Å²) in [7, 11) is 0. The van der Waals surface area contributed by atoms with Crippen LogP contribution in [0.5, 0.6) is 5.75 Å². The highest BCUT2D eigenvalue weighted by Gasteiger charge is 2.39. The summed E-state index contributed by atoms with van der Waals surface area (Å²) in [5.41, 5.74) is 4.65. The Bertz CT molecular complexity index is 1280. The first-order chi connectivity index (χ1) is 17.0. The van der Waals surface area contributed by atoms with Gasteiger partial charge in [-0.15, -0.1) is 0 Å². The summed E-state index contributed by atoms with van der Waals surface area (Å²) in [6, 6.07) is 31.5. The van der Waals surface area contributed by atoms with Crippen LogP contribution in [0.1, 0.15) is 27.8 Å². The molecule has 176 valence electrons. The molecule has 6 heteroatoms. The van der Waals surface area contributed by atoms with E-state index >= 15 is 0 Å². The van der Waals surface area contributed by atoms with Gasteiger partial charge in [0, 0.05) is 0 Å². The average Bonchev–Trinajstić information content (AvgIpc) is 2.88. The molecule has 0 spiro atoms. The van der Waals surface area contributed by atoms with Crippen LogP contribution in [-0.4, -0.2) is 17.2 Å². The Balaban J connectivity index is 1.46. The number of hydrogen-bond donors (Lipinski definition) is 2. The van der Waals surface area contributed by atoms with E-state index in [1.807, 2.05) is 42.5 Å². The SMILES string of the molecule is Cc1cccc(COc2ccc(/C=N/NC(=O)C(O)(c3ccccc3)c3ccccc3)cc2I)c1. The Kier molecular flexibility index (Phi) is 7.94. The lowest BCUT2D eigenvalue weighted by molar-refractivity contribution is -0.136. The van der Waals surface area contributed by atoms with E-state index in [0.29, 0.717) is 17.7 Å². The molecular weight excluding hydrogens is 551 g/mol. The van der Waals surface area contributed by atoms with E-state index in [4.69, 9.17) is 4.74 Å². The first-order valence-corrected chi connectivity index (χ1v) is 12.2. The van der Waals surface area contributed by atoms with E-state index in [9.17, 15) is 9.90 Å². The van der Waals surface area contributed by atoms with Gasteiger partial charge >= 0.3 is 0 Å². The van der Waals surface area contributed by atoms with Gasteiger partial charge in [0.15, 0.2) is 5.60 Å². The summed E-state index contributed by atoms with van der Waals surface area (Å²) in [6.45, 7) is 2.54. The standard InChI is InChI=1S/C29H25IN2O3/c1-21-9-8-10-23(17-21)20-35-27-16-15-22(18-26(27)30)19-31-32-28(33)29(34,24-11-4-2-5-12-24)25-13-6-3-7-14-25/h2-19,34H,20H2,1H3,(H,32,33)/b31-19+. The van der Waals surface area contributed by atoms with Crippen molar-refractivity contribution in [2.24, 2.45) is 5.10 Å². The van der Waals surface area contributed by atoms with Crippen LogP contribution in [0.4, 0.5) is 0 Å². The maximum Gasteiger partial charge on any atom is 0.281 e. The van der Waals surface area contributed by atoms with E-state index in [1.165, 1.54) is 5.56 Å². The molecule has 0 atom stereocenters. The van der Waals surface area contributed by atoms with E-state index in [2.05, 4.69) is 52.2 Å². The zero-order valence-corrected chi connectivity index (χ0v) is 21.3. The first-order valence-electron chi connectivity index (χ1n) is 11.1. The molecule has 5 nitrogen and oxygen atoms in total. The van der Waals surface area contributed by atoms with Gasteiger partial charge in [-0.25, -0.2) is 5.43 Å². The van der Waals surface area contributed by atoms with Crippen molar-refractivity contribution in [3.63, 3.8) is 0 Å². The minimum absolute atomic E-state index is 0.462. The van der Waals surface area contributed by atoms with Crippen molar-refractivity contribution in [2.45, 2.75) is 19.1 Å². The molecule has 0 aliphatic rings. The van der Waals surface area contributed by atoms with Crippen molar-refractivity contribution in [3.8, 4) is 5.75 Å². The smallest absolute Gasteiger partial charge is 0.281 e. The fourth-order valence-electron chi connectivity index (χ4n) is 3.71. The number of halogens is 1. The summed E-state index contributed by atoms with van der Waals surface area (Å²) in [5, 5.41) is 15.6. The number of amides is 1. The number of nitrogens with zero attached hydrogens (tertiary/aromatic N) is 1. The summed E-state index contributed by atoms with van der Waals surface area (Å²) in [5.74, 6) is 0.134. The third-order valence-electron chi connectivity index (χ3n) is 5.52. The van der Waals surface area contributed by atoms with E-state index in [-0.39, 0.29) is 0 Å². The van der Waals surface area contributed by atoms with Crippen LogP contribution in [-0.2, 0) is 17.0 Å².